The molecule has 1 unspecified atom stereocenters. The Hall–Kier alpha value is -2.77. The summed E-state index contributed by atoms with van der Waals surface area (Å²) in [4.78, 5) is 12.3. The second kappa shape index (κ2) is 10.1. The van der Waals surface area contributed by atoms with Crippen molar-refractivity contribution < 1.29 is 9.53 Å². The minimum Gasteiger partial charge on any atom is -0.483 e. The molecule has 1 amide bonds. The van der Waals surface area contributed by atoms with Crippen LogP contribution in [0.2, 0.25) is 5.02 Å². The number of thioether (sulfide) groups is 1. The largest absolute Gasteiger partial charge is 0.483 e. The summed E-state index contributed by atoms with van der Waals surface area (Å²) >= 11 is 7.38. The lowest BCUT2D eigenvalue weighted by molar-refractivity contribution is -0.113. The third kappa shape index (κ3) is 5.62. The highest BCUT2D eigenvalue weighted by molar-refractivity contribution is 7.99. The Morgan fingerprint density at radius 1 is 1.24 bits per heavy atom. The number of benzene rings is 2. The van der Waals surface area contributed by atoms with E-state index in [4.69, 9.17) is 16.3 Å². The van der Waals surface area contributed by atoms with Crippen molar-refractivity contribution in [1.82, 2.24) is 14.8 Å². The van der Waals surface area contributed by atoms with Crippen LogP contribution in [0.4, 0.5) is 5.69 Å². The predicted molar refractivity (Wildman–Crippen MR) is 117 cm³/mol. The van der Waals surface area contributed by atoms with Gasteiger partial charge >= 0.3 is 0 Å². The van der Waals surface area contributed by atoms with Crippen LogP contribution >= 0.6 is 23.4 Å². The Bertz CT molecular complexity index is 978. The lowest BCUT2D eigenvalue weighted by Crippen LogP contribution is -2.15. The molecule has 0 aliphatic heterocycles. The van der Waals surface area contributed by atoms with Crippen molar-refractivity contribution in [3.05, 3.63) is 78.1 Å². The zero-order valence-corrected chi connectivity index (χ0v) is 17.5. The number of aromatic nitrogens is 3. The number of rotatable bonds is 9. The van der Waals surface area contributed by atoms with E-state index in [9.17, 15) is 4.79 Å². The van der Waals surface area contributed by atoms with Crippen LogP contribution in [-0.4, -0.2) is 26.4 Å². The molecule has 0 aliphatic carbocycles. The number of nitrogens with zero attached hydrogens (tertiary/aromatic N) is 3. The fourth-order valence-corrected chi connectivity index (χ4v) is 3.58. The van der Waals surface area contributed by atoms with Gasteiger partial charge in [-0.25, -0.2) is 0 Å². The number of nitrogens with one attached hydrogen (secondary N) is 1. The first kappa shape index (κ1) is 21.0. The highest BCUT2D eigenvalue weighted by atomic mass is 35.5. The highest BCUT2D eigenvalue weighted by Gasteiger charge is 2.20. The summed E-state index contributed by atoms with van der Waals surface area (Å²) in [7, 11) is 0. The molecule has 3 aromatic rings. The van der Waals surface area contributed by atoms with E-state index in [2.05, 4.69) is 22.1 Å². The van der Waals surface area contributed by atoms with Crippen molar-refractivity contribution in [3.8, 4) is 5.75 Å². The normalized spacial score (nSPS) is 11.7. The summed E-state index contributed by atoms with van der Waals surface area (Å²) in [5, 5.41) is 12.4. The molecule has 0 saturated heterocycles. The summed E-state index contributed by atoms with van der Waals surface area (Å²) in [6, 6.07) is 16.6. The molecule has 8 heteroatoms. The van der Waals surface area contributed by atoms with Crippen molar-refractivity contribution in [1.29, 1.82) is 0 Å². The Morgan fingerprint density at radius 2 is 1.97 bits per heavy atom. The standard InChI is InChI=1S/C21H21ClN4O2S/c1-3-13-26-20(15(2)28-16-9-5-4-6-10-16)24-25-21(26)29-14-19(27)23-18-12-8-7-11-17(18)22/h3-12,15H,1,13-14H2,2H3,(H,23,27). The molecule has 1 aromatic heterocycles. The Balaban J connectivity index is 1.67. The van der Waals surface area contributed by atoms with Crippen LogP contribution in [0.25, 0.3) is 0 Å². The third-order valence-electron chi connectivity index (χ3n) is 3.96. The maximum atomic E-state index is 12.3. The molecule has 0 saturated carbocycles. The number of anilines is 1. The fraction of sp³-hybridized carbons (Fsp3) is 0.190. The van der Waals surface area contributed by atoms with Gasteiger partial charge in [-0.05, 0) is 31.2 Å². The van der Waals surface area contributed by atoms with Crippen LogP contribution in [-0.2, 0) is 11.3 Å². The molecule has 2 aromatic carbocycles. The van der Waals surface area contributed by atoms with Crippen LogP contribution < -0.4 is 10.1 Å². The average Bonchev–Trinajstić information content (AvgIpc) is 3.12. The van der Waals surface area contributed by atoms with Gasteiger partial charge in [0.15, 0.2) is 17.1 Å². The molecule has 1 heterocycles. The monoisotopic (exact) mass is 428 g/mol. The second-order valence-electron chi connectivity index (χ2n) is 6.13. The molecule has 3 rings (SSSR count). The van der Waals surface area contributed by atoms with Crippen molar-refractivity contribution in [2.45, 2.75) is 24.7 Å². The van der Waals surface area contributed by atoms with Gasteiger partial charge in [0.05, 0.1) is 16.5 Å². The summed E-state index contributed by atoms with van der Waals surface area (Å²) in [6.45, 7) is 6.23. The number of allylic oxidation sites excluding steroid dienone is 1. The van der Waals surface area contributed by atoms with Gasteiger partial charge in [-0.15, -0.1) is 16.8 Å². The summed E-state index contributed by atoms with van der Waals surface area (Å²) in [5.74, 6) is 1.42. The van der Waals surface area contributed by atoms with Gasteiger partial charge in [0.1, 0.15) is 5.75 Å². The maximum absolute atomic E-state index is 12.3. The van der Waals surface area contributed by atoms with E-state index >= 15 is 0 Å². The first-order valence-corrected chi connectivity index (χ1v) is 10.4. The molecule has 0 radical (unpaired) electrons. The SMILES string of the molecule is C=CCn1c(SCC(=O)Nc2ccccc2Cl)nnc1C(C)Oc1ccccc1. The Kier molecular flexibility index (Phi) is 7.32. The molecule has 0 bridgehead atoms. The third-order valence-corrected chi connectivity index (χ3v) is 5.25. The molecule has 1 atom stereocenters. The molecule has 0 spiro atoms. The summed E-state index contributed by atoms with van der Waals surface area (Å²) in [5.41, 5.74) is 0.581. The van der Waals surface area contributed by atoms with Gasteiger partial charge < -0.3 is 10.1 Å². The average molecular weight is 429 g/mol. The first-order valence-electron chi connectivity index (χ1n) is 9.01. The predicted octanol–water partition coefficient (Wildman–Crippen LogP) is 4.99. The number of halogens is 1. The molecule has 6 nitrogen and oxygen atoms in total. The van der Waals surface area contributed by atoms with Gasteiger partial charge in [0.25, 0.3) is 0 Å². The molecular weight excluding hydrogens is 408 g/mol. The lowest BCUT2D eigenvalue weighted by atomic mass is 10.3. The molecule has 1 N–H and O–H groups in total. The van der Waals surface area contributed by atoms with E-state index in [1.54, 1.807) is 18.2 Å². The molecule has 150 valence electrons. The summed E-state index contributed by atoms with van der Waals surface area (Å²) in [6.07, 6.45) is 1.45. The number of hydrogen-bond donors (Lipinski definition) is 1. The quantitative estimate of drug-likeness (QED) is 0.384. The minimum absolute atomic E-state index is 0.175. The maximum Gasteiger partial charge on any atom is 0.234 e. The van der Waals surface area contributed by atoms with Crippen LogP contribution in [0.1, 0.15) is 18.9 Å². The van der Waals surface area contributed by atoms with Gasteiger partial charge in [-0.1, -0.05) is 59.8 Å². The van der Waals surface area contributed by atoms with Crippen molar-refractivity contribution in [2.75, 3.05) is 11.1 Å². The first-order chi connectivity index (χ1) is 14.1. The second-order valence-corrected chi connectivity index (χ2v) is 7.48. The van der Waals surface area contributed by atoms with E-state index in [0.717, 1.165) is 5.75 Å². The number of ether oxygens (including phenoxy) is 1. The van der Waals surface area contributed by atoms with Gasteiger partial charge in [0, 0.05) is 6.54 Å². The molecular formula is C21H21ClN4O2S. The molecule has 0 aliphatic rings. The van der Waals surface area contributed by atoms with Crippen LogP contribution in [0.3, 0.4) is 0 Å². The van der Waals surface area contributed by atoms with E-state index in [1.165, 1.54) is 11.8 Å². The molecule has 29 heavy (non-hydrogen) atoms. The number of carbonyl (C=O) groups is 1. The van der Waals surface area contributed by atoms with Crippen LogP contribution in [0, 0.1) is 0 Å². The van der Waals surface area contributed by atoms with E-state index < -0.39 is 0 Å². The highest BCUT2D eigenvalue weighted by Crippen LogP contribution is 2.25. The van der Waals surface area contributed by atoms with Gasteiger partial charge in [0.2, 0.25) is 5.91 Å². The Labute approximate surface area is 178 Å². The van der Waals surface area contributed by atoms with Gasteiger partial charge in [-0.2, -0.15) is 0 Å². The lowest BCUT2D eigenvalue weighted by Gasteiger charge is -2.15. The van der Waals surface area contributed by atoms with E-state index in [0.29, 0.717) is 28.2 Å². The fourth-order valence-electron chi connectivity index (χ4n) is 2.64. The van der Waals surface area contributed by atoms with Crippen LogP contribution in [0.15, 0.2) is 72.4 Å². The zero-order valence-electron chi connectivity index (χ0n) is 15.9. The number of amides is 1. The van der Waals surface area contributed by atoms with Crippen LogP contribution in [0.5, 0.6) is 5.75 Å². The van der Waals surface area contributed by atoms with Gasteiger partial charge in [-0.3, -0.25) is 9.36 Å². The number of para-hydroxylation sites is 2. The van der Waals surface area contributed by atoms with E-state index in [1.807, 2.05) is 54.0 Å². The Morgan fingerprint density at radius 3 is 2.69 bits per heavy atom. The minimum atomic E-state index is -0.309. The zero-order chi connectivity index (χ0) is 20.6. The smallest absolute Gasteiger partial charge is 0.234 e. The van der Waals surface area contributed by atoms with Crippen molar-refractivity contribution >= 4 is 35.0 Å². The molecule has 0 fully saturated rings. The number of hydrogen-bond acceptors (Lipinski definition) is 5. The van der Waals surface area contributed by atoms with Crippen molar-refractivity contribution in [3.63, 3.8) is 0 Å². The topological polar surface area (TPSA) is 69.0 Å². The van der Waals surface area contributed by atoms with E-state index in [-0.39, 0.29) is 17.8 Å². The number of carbonyl (C=O) groups excluding carboxylic acids is 1. The van der Waals surface area contributed by atoms with Crippen molar-refractivity contribution in [2.24, 2.45) is 0 Å². The summed E-state index contributed by atoms with van der Waals surface area (Å²) < 4.78 is 7.85.